The first-order chi connectivity index (χ1) is 12.6. The fourth-order valence-electron chi connectivity index (χ4n) is 2.63. The van der Waals surface area contributed by atoms with Crippen LogP contribution in [0.5, 0.6) is 11.5 Å². The molecule has 6 nitrogen and oxygen atoms in total. The summed E-state index contributed by atoms with van der Waals surface area (Å²) < 4.78 is 12.0. The Hall–Kier alpha value is -2.29. The van der Waals surface area contributed by atoms with Gasteiger partial charge in [-0.25, -0.2) is 0 Å². The molecule has 1 aliphatic heterocycles. The molecule has 2 aromatic carbocycles. The number of carbonyl (C=O) groups is 2. The summed E-state index contributed by atoms with van der Waals surface area (Å²) >= 11 is 2.16. The molecule has 0 spiro atoms. The number of hydrogen-bond acceptors (Lipinski definition) is 4. The molecular formula is C19H19IN2O4. The van der Waals surface area contributed by atoms with E-state index >= 15 is 0 Å². The van der Waals surface area contributed by atoms with Crippen LogP contribution in [0.25, 0.3) is 0 Å². The number of likely N-dealkylation sites (N-methyl/N-ethyl adjacent to an activating group) is 1. The summed E-state index contributed by atoms with van der Waals surface area (Å²) in [5, 5.41) is 2.80. The third kappa shape index (κ3) is 4.46. The van der Waals surface area contributed by atoms with Crippen molar-refractivity contribution in [2.45, 2.75) is 6.92 Å². The highest BCUT2D eigenvalue weighted by molar-refractivity contribution is 14.1. The Morgan fingerprint density at radius 1 is 1.12 bits per heavy atom. The van der Waals surface area contributed by atoms with Gasteiger partial charge in [-0.15, -0.1) is 0 Å². The lowest BCUT2D eigenvalue weighted by Crippen LogP contribution is -2.37. The van der Waals surface area contributed by atoms with E-state index in [9.17, 15) is 9.59 Å². The van der Waals surface area contributed by atoms with Crippen molar-refractivity contribution in [2.75, 3.05) is 31.6 Å². The molecular weight excluding hydrogens is 447 g/mol. The number of halogens is 1. The maximum atomic E-state index is 12.6. The third-order valence-corrected chi connectivity index (χ3v) is 4.57. The number of benzene rings is 2. The number of anilines is 1. The Morgan fingerprint density at radius 2 is 1.88 bits per heavy atom. The largest absolute Gasteiger partial charge is 0.486 e. The predicted molar refractivity (Wildman–Crippen MR) is 107 cm³/mol. The predicted octanol–water partition coefficient (Wildman–Crippen LogP) is 3.16. The fourth-order valence-corrected chi connectivity index (χ4v) is 3.17. The maximum absolute atomic E-state index is 12.6. The van der Waals surface area contributed by atoms with Crippen LogP contribution >= 0.6 is 22.6 Å². The summed E-state index contributed by atoms with van der Waals surface area (Å²) in [5.41, 5.74) is 1.18. The van der Waals surface area contributed by atoms with Crippen molar-refractivity contribution in [3.05, 3.63) is 51.6 Å². The van der Waals surface area contributed by atoms with E-state index < -0.39 is 0 Å². The summed E-state index contributed by atoms with van der Waals surface area (Å²) in [6.45, 7) is 3.28. The second-order valence-corrected chi connectivity index (χ2v) is 6.98. The highest BCUT2D eigenvalue weighted by Crippen LogP contribution is 2.32. The SMILES string of the molecule is CCN(CC(=O)Nc1ccc2c(c1)OCCO2)C(=O)c1cccc(I)c1. The Morgan fingerprint density at radius 3 is 2.62 bits per heavy atom. The number of nitrogens with zero attached hydrogens (tertiary/aromatic N) is 1. The van der Waals surface area contributed by atoms with Gasteiger partial charge >= 0.3 is 0 Å². The Balaban J connectivity index is 1.65. The Labute approximate surface area is 165 Å². The molecule has 2 amide bonds. The number of nitrogens with one attached hydrogen (secondary N) is 1. The van der Waals surface area contributed by atoms with Crippen LogP contribution in [0.15, 0.2) is 42.5 Å². The van der Waals surface area contributed by atoms with Crippen LogP contribution in [-0.2, 0) is 4.79 Å². The van der Waals surface area contributed by atoms with Crippen LogP contribution in [0.4, 0.5) is 5.69 Å². The molecule has 1 aliphatic rings. The van der Waals surface area contributed by atoms with Crippen LogP contribution in [0.1, 0.15) is 17.3 Å². The van der Waals surface area contributed by atoms with E-state index in [-0.39, 0.29) is 18.4 Å². The minimum Gasteiger partial charge on any atom is -0.486 e. The maximum Gasteiger partial charge on any atom is 0.254 e. The van der Waals surface area contributed by atoms with Gasteiger partial charge in [0.25, 0.3) is 5.91 Å². The molecule has 0 radical (unpaired) electrons. The number of carbonyl (C=O) groups excluding carboxylic acids is 2. The standard InChI is InChI=1S/C19H19IN2O4/c1-2-22(19(24)13-4-3-5-14(20)10-13)12-18(23)21-15-6-7-16-17(11-15)26-9-8-25-16/h3-7,10-11H,2,8-9,12H2,1H3,(H,21,23). The zero-order chi connectivity index (χ0) is 18.5. The van der Waals surface area contributed by atoms with Gasteiger partial charge in [0.15, 0.2) is 11.5 Å². The third-order valence-electron chi connectivity index (χ3n) is 3.90. The number of amides is 2. The summed E-state index contributed by atoms with van der Waals surface area (Å²) in [6, 6.07) is 12.6. The van der Waals surface area contributed by atoms with Crippen LogP contribution in [-0.4, -0.2) is 43.0 Å². The van der Waals surface area contributed by atoms with E-state index in [2.05, 4.69) is 27.9 Å². The van der Waals surface area contributed by atoms with Crippen molar-refractivity contribution < 1.29 is 19.1 Å². The molecule has 0 bridgehead atoms. The van der Waals surface area contributed by atoms with E-state index in [1.165, 1.54) is 4.90 Å². The van der Waals surface area contributed by atoms with E-state index in [1.807, 2.05) is 25.1 Å². The summed E-state index contributed by atoms with van der Waals surface area (Å²) in [7, 11) is 0. The lowest BCUT2D eigenvalue weighted by molar-refractivity contribution is -0.116. The van der Waals surface area contributed by atoms with Crippen molar-refractivity contribution in [3.63, 3.8) is 0 Å². The first-order valence-electron chi connectivity index (χ1n) is 8.31. The lowest BCUT2D eigenvalue weighted by Gasteiger charge is -2.21. The number of ether oxygens (including phenoxy) is 2. The molecule has 0 atom stereocenters. The first kappa shape index (κ1) is 18.5. The normalized spacial score (nSPS) is 12.4. The highest BCUT2D eigenvalue weighted by Gasteiger charge is 2.18. The molecule has 3 rings (SSSR count). The zero-order valence-corrected chi connectivity index (χ0v) is 16.5. The lowest BCUT2D eigenvalue weighted by atomic mass is 10.2. The number of hydrogen-bond donors (Lipinski definition) is 1. The molecule has 136 valence electrons. The topological polar surface area (TPSA) is 67.9 Å². The smallest absolute Gasteiger partial charge is 0.254 e. The number of fused-ring (bicyclic) bond motifs is 1. The van der Waals surface area contributed by atoms with Gasteiger partial charge in [-0.1, -0.05) is 6.07 Å². The molecule has 1 heterocycles. The number of rotatable bonds is 5. The second-order valence-electron chi connectivity index (χ2n) is 5.74. The molecule has 7 heteroatoms. The molecule has 0 saturated heterocycles. The molecule has 26 heavy (non-hydrogen) atoms. The molecule has 1 N–H and O–H groups in total. The van der Waals surface area contributed by atoms with Gasteiger partial charge < -0.3 is 19.7 Å². The minimum atomic E-state index is -0.262. The average molecular weight is 466 g/mol. The van der Waals surface area contributed by atoms with Crippen LogP contribution in [0, 0.1) is 3.57 Å². The van der Waals surface area contributed by atoms with E-state index in [4.69, 9.17) is 9.47 Å². The van der Waals surface area contributed by atoms with Gasteiger partial charge in [-0.2, -0.15) is 0 Å². The second kappa shape index (κ2) is 8.39. The minimum absolute atomic E-state index is 0.0186. The van der Waals surface area contributed by atoms with Crippen LogP contribution < -0.4 is 14.8 Å². The van der Waals surface area contributed by atoms with Crippen molar-refractivity contribution in [1.29, 1.82) is 0 Å². The zero-order valence-electron chi connectivity index (χ0n) is 14.3. The quantitative estimate of drug-likeness (QED) is 0.688. The van der Waals surface area contributed by atoms with Gasteiger partial charge in [-0.3, -0.25) is 9.59 Å². The first-order valence-corrected chi connectivity index (χ1v) is 9.39. The van der Waals surface area contributed by atoms with Crippen molar-refractivity contribution in [1.82, 2.24) is 4.90 Å². The molecule has 0 aliphatic carbocycles. The fraction of sp³-hybridized carbons (Fsp3) is 0.263. The van der Waals surface area contributed by atoms with Crippen LogP contribution in [0.2, 0.25) is 0 Å². The molecule has 0 fully saturated rings. The van der Waals surface area contributed by atoms with Gasteiger partial charge in [0.1, 0.15) is 19.8 Å². The monoisotopic (exact) mass is 466 g/mol. The Bertz CT molecular complexity index is 825. The Kier molecular flexibility index (Phi) is 5.97. The van der Waals surface area contributed by atoms with Gasteiger partial charge in [0.2, 0.25) is 5.91 Å². The van der Waals surface area contributed by atoms with Gasteiger partial charge in [-0.05, 0) is 59.8 Å². The molecule has 0 saturated carbocycles. The average Bonchev–Trinajstić information content (AvgIpc) is 2.65. The van der Waals surface area contributed by atoms with Crippen molar-refractivity contribution in [2.24, 2.45) is 0 Å². The van der Waals surface area contributed by atoms with E-state index in [1.54, 1.807) is 24.3 Å². The highest BCUT2D eigenvalue weighted by atomic mass is 127. The summed E-state index contributed by atoms with van der Waals surface area (Å²) in [6.07, 6.45) is 0. The summed E-state index contributed by atoms with van der Waals surface area (Å²) in [5.74, 6) is 0.848. The molecule has 0 unspecified atom stereocenters. The van der Waals surface area contributed by atoms with Gasteiger partial charge in [0.05, 0.1) is 0 Å². The van der Waals surface area contributed by atoms with Crippen molar-refractivity contribution >= 4 is 40.1 Å². The van der Waals surface area contributed by atoms with Crippen LogP contribution in [0.3, 0.4) is 0 Å². The van der Waals surface area contributed by atoms with Gasteiger partial charge in [0, 0.05) is 27.4 Å². The van der Waals surface area contributed by atoms with Crippen molar-refractivity contribution in [3.8, 4) is 11.5 Å². The molecule has 0 aromatic heterocycles. The van der Waals surface area contributed by atoms with E-state index in [0.29, 0.717) is 42.5 Å². The molecule has 2 aromatic rings. The summed E-state index contributed by atoms with van der Waals surface area (Å²) in [4.78, 5) is 26.5. The van der Waals surface area contributed by atoms with E-state index in [0.717, 1.165) is 3.57 Å².